The maximum Gasteiger partial charge on any atom is 0.339 e. The fourth-order valence-electron chi connectivity index (χ4n) is 2.18. The van der Waals surface area contributed by atoms with Crippen molar-refractivity contribution in [3.63, 3.8) is 0 Å². The molecule has 0 radical (unpaired) electrons. The molecule has 2 N–H and O–H groups in total. The van der Waals surface area contributed by atoms with Crippen molar-refractivity contribution >= 4 is 17.9 Å². The minimum absolute atomic E-state index is 0.0929. The maximum absolute atomic E-state index is 12.3. The van der Waals surface area contributed by atoms with E-state index in [4.69, 9.17) is 4.74 Å². The molecule has 19 heavy (non-hydrogen) atoms. The van der Waals surface area contributed by atoms with Crippen molar-refractivity contribution < 1.29 is 19.1 Å². The van der Waals surface area contributed by atoms with Crippen molar-refractivity contribution in [1.29, 1.82) is 0 Å². The maximum atomic E-state index is 12.3. The largest absolute Gasteiger partial charge is 0.466 e. The van der Waals surface area contributed by atoms with Crippen LogP contribution in [0.25, 0.3) is 0 Å². The van der Waals surface area contributed by atoms with E-state index in [2.05, 4.69) is 10.7 Å². The van der Waals surface area contributed by atoms with Gasteiger partial charge in [-0.2, -0.15) is 5.01 Å². The van der Waals surface area contributed by atoms with E-state index in [9.17, 15) is 14.4 Å². The molecule has 1 fully saturated rings. The van der Waals surface area contributed by atoms with Crippen molar-refractivity contribution in [3.05, 3.63) is 0 Å². The molecule has 0 aromatic carbocycles. The van der Waals surface area contributed by atoms with Crippen LogP contribution in [0.15, 0.2) is 0 Å². The van der Waals surface area contributed by atoms with E-state index in [0.717, 1.165) is 5.01 Å². The normalized spacial score (nSPS) is 22.9. The topological polar surface area (TPSA) is 87.7 Å². The van der Waals surface area contributed by atoms with Crippen molar-refractivity contribution in [1.82, 2.24) is 15.8 Å². The van der Waals surface area contributed by atoms with E-state index in [-0.39, 0.29) is 30.6 Å². The first kappa shape index (κ1) is 15.4. The number of hydrogen-bond acceptors (Lipinski definition) is 5. The van der Waals surface area contributed by atoms with Crippen molar-refractivity contribution in [3.8, 4) is 0 Å². The highest BCUT2D eigenvalue weighted by Crippen LogP contribution is 2.29. The molecule has 1 saturated heterocycles. The highest BCUT2D eigenvalue weighted by molar-refractivity contribution is 6.06. The van der Waals surface area contributed by atoms with Crippen LogP contribution in [0.2, 0.25) is 0 Å². The number of carbonyl (C=O) groups excluding carboxylic acids is 3. The van der Waals surface area contributed by atoms with Crippen LogP contribution in [0.3, 0.4) is 0 Å². The molecule has 0 saturated carbocycles. The molecular formula is C12H21N3O4. The number of imide groups is 1. The number of urea groups is 1. The summed E-state index contributed by atoms with van der Waals surface area (Å²) in [6.45, 7) is 5.70. The number of carbonyl (C=O) groups is 3. The number of ether oxygens (including phenoxy) is 1. The van der Waals surface area contributed by atoms with Crippen molar-refractivity contribution in [2.75, 3.05) is 13.7 Å². The SMILES string of the molecule is CCOC(=O)CCC1(C(C)C)NC(=O)N(NC)C1=O. The van der Waals surface area contributed by atoms with Gasteiger partial charge < -0.3 is 10.1 Å². The Balaban J connectivity index is 2.85. The summed E-state index contributed by atoms with van der Waals surface area (Å²) in [4.78, 5) is 35.5. The summed E-state index contributed by atoms with van der Waals surface area (Å²) < 4.78 is 4.85. The molecule has 1 aliphatic heterocycles. The van der Waals surface area contributed by atoms with Gasteiger partial charge in [0.15, 0.2) is 0 Å². The Kier molecular flexibility index (Phi) is 4.88. The van der Waals surface area contributed by atoms with Gasteiger partial charge in [-0.3, -0.25) is 9.59 Å². The first-order chi connectivity index (χ1) is 8.89. The number of hydrazine groups is 1. The van der Waals surface area contributed by atoms with E-state index in [1.54, 1.807) is 6.92 Å². The Morgan fingerprint density at radius 1 is 1.47 bits per heavy atom. The van der Waals surface area contributed by atoms with E-state index < -0.39 is 11.6 Å². The molecule has 0 aromatic rings. The van der Waals surface area contributed by atoms with Gasteiger partial charge in [-0.15, -0.1) is 0 Å². The van der Waals surface area contributed by atoms with Crippen LogP contribution in [-0.2, 0) is 14.3 Å². The zero-order chi connectivity index (χ0) is 14.6. The zero-order valence-electron chi connectivity index (χ0n) is 11.8. The average Bonchev–Trinajstić information content (AvgIpc) is 2.59. The fourth-order valence-corrected chi connectivity index (χ4v) is 2.18. The van der Waals surface area contributed by atoms with Gasteiger partial charge in [0.2, 0.25) is 0 Å². The van der Waals surface area contributed by atoms with Gasteiger partial charge in [-0.1, -0.05) is 13.8 Å². The zero-order valence-corrected chi connectivity index (χ0v) is 11.8. The fraction of sp³-hybridized carbons (Fsp3) is 0.750. The monoisotopic (exact) mass is 271 g/mol. The number of hydrogen-bond donors (Lipinski definition) is 2. The van der Waals surface area contributed by atoms with Crippen molar-refractivity contribution in [2.24, 2.45) is 5.92 Å². The van der Waals surface area contributed by atoms with Gasteiger partial charge in [0.05, 0.1) is 6.61 Å². The van der Waals surface area contributed by atoms with E-state index in [1.165, 1.54) is 7.05 Å². The lowest BCUT2D eigenvalue weighted by atomic mass is 9.82. The summed E-state index contributed by atoms with van der Waals surface area (Å²) >= 11 is 0. The molecule has 108 valence electrons. The molecule has 1 rings (SSSR count). The lowest BCUT2D eigenvalue weighted by Gasteiger charge is -2.30. The summed E-state index contributed by atoms with van der Waals surface area (Å²) in [6, 6.07) is -0.495. The molecule has 0 bridgehead atoms. The number of nitrogens with zero attached hydrogens (tertiary/aromatic N) is 1. The second kappa shape index (κ2) is 6.01. The third-order valence-electron chi connectivity index (χ3n) is 3.36. The summed E-state index contributed by atoms with van der Waals surface area (Å²) in [5.74, 6) is -0.858. The molecule has 0 aliphatic carbocycles. The first-order valence-electron chi connectivity index (χ1n) is 6.38. The Bertz CT molecular complexity index is 383. The second-order valence-electron chi connectivity index (χ2n) is 4.73. The van der Waals surface area contributed by atoms with Crippen molar-refractivity contribution in [2.45, 2.75) is 39.2 Å². The molecule has 1 heterocycles. The minimum atomic E-state index is -1.05. The molecule has 0 spiro atoms. The number of amides is 3. The van der Waals surface area contributed by atoms with Crippen LogP contribution in [0.4, 0.5) is 4.79 Å². The Morgan fingerprint density at radius 2 is 2.11 bits per heavy atom. The van der Waals surface area contributed by atoms with Gasteiger partial charge in [-0.25, -0.2) is 10.2 Å². The molecule has 1 atom stereocenters. The van der Waals surface area contributed by atoms with E-state index in [1.807, 2.05) is 13.8 Å². The molecule has 7 heteroatoms. The van der Waals surface area contributed by atoms with Gasteiger partial charge >= 0.3 is 12.0 Å². The summed E-state index contributed by atoms with van der Waals surface area (Å²) in [5.41, 5.74) is 1.49. The average molecular weight is 271 g/mol. The smallest absolute Gasteiger partial charge is 0.339 e. The first-order valence-corrected chi connectivity index (χ1v) is 6.38. The van der Waals surface area contributed by atoms with Crippen LogP contribution in [0.5, 0.6) is 0 Å². The highest BCUT2D eigenvalue weighted by Gasteiger charge is 2.53. The molecule has 7 nitrogen and oxygen atoms in total. The minimum Gasteiger partial charge on any atom is -0.466 e. The summed E-state index contributed by atoms with van der Waals surface area (Å²) in [7, 11) is 1.50. The second-order valence-corrected chi connectivity index (χ2v) is 4.73. The lowest BCUT2D eigenvalue weighted by molar-refractivity contribution is -0.144. The van der Waals surface area contributed by atoms with Crippen LogP contribution in [0.1, 0.15) is 33.6 Å². The van der Waals surface area contributed by atoms with Crippen LogP contribution >= 0.6 is 0 Å². The number of rotatable bonds is 6. The third kappa shape index (κ3) is 2.86. The summed E-state index contributed by atoms with van der Waals surface area (Å²) in [5, 5.41) is 3.62. The van der Waals surface area contributed by atoms with Crippen LogP contribution < -0.4 is 10.7 Å². The standard InChI is InChI=1S/C12H21N3O4/c1-5-19-9(16)6-7-12(8(2)3)10(17)15(13-4)11(18)14-12/h8,13H,5-7H2,1-4H3,(H,14,18). The third-order valence-corrected chi connectivity index (χ3v) is 3.36. The highest BCUT2D eigenvalue weighted by atomic mass is 16.5. The Hall–Kier alpha value is -1.63. The molecule has 1 unspecified atom stereocenters. The van der Waals surface area contributed by atoms with Crippen LogP contribution in [0, 0.1) is 5.92 Å². The van der Waals surface area contributed by atoms with Gasteiger partial charge in [0.1, 0.15) is 5.54 Å². The van der Waals surface area contributed by atoms with Gasteiger partial charge in [-0.05, 0) is 19.3 Å². The van der Waals surface area contributed by atoms with E-state index >= 15 is 0 Å². The molecule has 1 aliphatic rings. The molecular weight excluding hydrogens is 250 g/mol. The van der Waals surface area contributed by atoms with E-state index in [0.29, 0.717) is 6.61 Å². The predicted octanol–water partition coefficient (Wildman–Crippen LogP) is 0.411. The molecule has 3 amide bonds. The number of esters is 1. The predicted molar refractivity (Wildman–Crippen MR) is 67.9 cm³/mol. The lowest BCUT2D eigenvalue weighted by Crippen LogP contribution is -2.52. The summed E-state index contributed by atoms with van der Waals surface area (Å²) in [6.07, 6.45) is 0.321. The van der Waals surface area contributed by atoms with Crippen LogP contribution in [-0.4, -0.2) is 42.1 Å². The number of nitrogens with one attached hydrogen (secondary N) is 2. The quantitative estimate of drug-likeness (QED) is 0.539. The van der Waals surface area contributed by atoms with Gasteiger partial charge in [0.25, 0.3) is 5.91 Å². The Labute approximate surface area is 112 Å². The Morgan fingerprint density at radius 3 is 2.53 bits per heavy atom. The van der Waals surface area contributed by atoms with Gasteiger partial charge in [0, 0.05) is 13.5 Å². The molecule has 0 aromatic heterocycles.